The number of quaternary nitrogens is 1. The molecule has 1 N–H and O–H groups in total. The van der Waals surface area contributed by atoms with Crippen LogP contribution in [0.5, 0.6) is 0 Å². The standard InChI is InChI=1S/C54H96NO8P/c1-6-8-10-12-14-16-18-20-22-24-26-27-29-30-32-34-36-38-40-42-44-46-53(56)60-50-52(51-62-64(58,59)61-49-48-55(3,4)5)63-54(57)47-45-43-41-39-37-35-33-31-28-25-23-21-19-17-15-13-11-9-7-2/h15,17,21-24,27,29,32,34,38,40,52H,6-14,16,18-20,25-26,28,30-31,33,35-37,39,41-51H2,1-5H3/p+1/b17-15+,23-21+,24-22+,29-27+,34-32+,40-38+/t52-/m1/s1. The topological polar surface area (TPSA) is 108 Å². The van der Waals surface area contributed by atoms with Gasteiger partial charge < -0.3 is 18.9 Å². The number of hydrogen-bond donors (Lipinski definition) is 1. The Morgan fingerprint density at radius 1 is 0.484 bits per heavy atom. The van der Waals surface area contributed by atoms with E-state index in [9.17, 15) is 19.0 Å². The van der Waals surface area contributed by atoms with E-state index in [1.54, 1.807) is 0 Å². The third kappa shape index (κ3) is 48.9. The first-order chi connectivity index (χ1) is 31.0. The van der Waals surface area contributed by atoms with Crippen LogP contribution in [0.1, 0.15) is 206 Å². The number of nitrogens with zero attached hydrogens (tertiary/aromatic N) is 1. The van der Waals surface area contributed by atoms with Gasteiger partial charge >= 0.3 is 19.8 Å². The lowest BCUT2D eigenvalue weighted by Crippen LogP contribution is -2.37. The van der Waals surface area contributed by atoms with Gasteiger partial charge in [-0.1, -0.05) is 183 Å². The van der Waals surface area contributed by atoms with Crippen LogP contribution in [0, 0.1) is 0 Å². The Labute approximate surface area is 393 Å². The van der Waals surface area contributed by atoms with Gasteiger partial charge in [0.2, 0.25) is 0 Å². The maximum Gasteiger partial charge on any atom is 0.472 e. The quantitative estimate of drug-likeness (QED) is 0.0211. The fraction of sp³-hybridized carbons (Fsp3) is 0.741. The van der Waals surface area contributed by atoms with E-state index >= 15 is 0 Å². The van der Waals surface area contributed by atoms with E-state index < -0.39 is 32.5 Å². The van der Waals surface area contributed by atoms with E-state index in [-0.39, 0.29) is 26.1 Å². The SMILES string of the molecule is CCCCC/C=C/C/C=C/CCCCCCCCCCCC(=O)O[C@H](COC(=O)CCC/C=C/C/C=C/C/C=C/C/C=C/CCCCCCCCC)COP(=O)(O)OCC[N+](C)(C)C. The number of carbonyl (C=O) groups is 2. The van der Waals surface area contributed by atoms with Crippen molar-refractivity contribution in [3.05, 3.63) is 72.9 Å². The highest BCUT2D eigenvalue weighted by Crippen LogP contribution is 2.43. The van der Waals surface area contributed by atoms with Gasteiger partial charge in [0.25, 0.3) is 0 Å². The van der Waals surface area contributed by atoms with Crippen molar-refractivity contribution in [3.8, 4) is 0 Å². The van der Waals surface area contributed by atoms with E-state index in [2.05, 4.69) is 86.8 Å². The van der Waals surface area contributed by atoms with Crippen molar-refractivity contribution in [1.82, 2.24) is 0 Å². The summed E-state index contributed by atoms with van der Waals surface area (Å²) < 4.78 is 34.4. The molecule has 10 heteroatoms. The first-order valence-electron chi connectivity index (χ1n) is 25.7. The fourth-order valence-corrected chi connectivity index (χ4v) is 7.43. The first-order valence-corrected chi connectivity index (χ1v) is 27.2. The highest BCUT2D eigenvalue weighted by atomic mass is 31.2. The Kier molecular flexibility index (Phi) is 43.8. The van der Waals surface area contributed by atoms with Gasteiger partial charge in [0.15, 0.2) is 6.10 Å². The van der Waals surface area contributed by atoms with E-state index in [4.69, 9.17) is 18.5 Å². The van der Waals surface area contributed by atoms with Crippen molar-refractivity contribution in [2.75, 3.05) is 47.5 Å². The molecule has 0 bridgehead atoms. The van der Waals surface area contributed by atoms with Crippen molar-refractivity contribution in [2.45, 2.75) is 213 Å². The zero-order chi connectivity index (χ0) is 47.1. The lowest BCUT2D eigenvalue weighted by Gasteiger charge is -2.24. The van der Waals surface area contributed by atoms with E-state index in [1.807, 2.05) is 21.1 Å². The third-order valence-electron chi connectivity index (χ3n) is 10.7. The number of phosphoric ester groups is 1. The largest absolute Gasteiger partial charge is 0.472 e. The summed E-state index contributed by atoms with van der Waals surface area (Å²) in [5, 5.41) is 0. The number of likely N-dealkylation sites (N-methyl/N-ethyl adjacent to an activating group) is 1. The summed E-state index contributed by atoms with van der Waals surface area (Å²) in [4.78, 5) is 35.5. The minimum atomic E-state index is -4.40. The molecule has 0 aromatic rings. The van der Waals surface area contributed by atoms with Crippen molar-refractivity contribution in [3.63, 3.8) is 0 Å². The summed E-state index contributed by atoms with van der Waals surface area (Å²) in [6, 6.07) is 0. The Hall–Kier alpha value is -2.55. The molecular weight excluding hydrogens is 822 g/mol. The molecule has 0 heterocycles. The van der Waals surface area contributed by atoms with Gasteiger partial charge in [-0.2, -0.15) is 0 Å². The predicted octanol–water partition coefficient (Wildman–Crippen LogP) is 15.4. The maximum atomic E-state index is 12.8. The second kappa shape index (κ2) is 45.6. The lowest BCUT2D eigenvalue weighted by atomic mass is 10.1. The highest BCUT2D eigenvalue weighted by molar-refractivity contribution is 7.47. The molecule has 1 unspecified atom stereocenters. The van der Waals surface area contributed by atoms with Gasteiger partial charge in [-0.3, -0.25) is 18.6 Å². The average molecular weight is 919 g/mol. The number of carbonyl (C=O) groups excluding carboxylic acids is 2. The summed E-state index contributed by atoms with van der Waals surface area (Å²) in [6.07, 6.45) is 58.2. The van der Waals surface area contributed by atoms with Gasteiger partial charge in [-0.15, -0.1) is 0 Å². The van der Waals surface area contributed by atoms with Crippen molar-refractivity contribution >= 4 is 19.8 Å². The zero-order valence-electron chi connectivity index (χ0n) is 41.7. The second-order valence-electron chi connectivity index (χ2n) is 18.2. The first kappa shape index (κ1) is 61.5. The van der Waals surface area contributed by atoms with Crippen molar-refractivity contribution in [1.29, 1.82) is 0 Å². The number of ether oxygens (including phenoxy) is 2. The molecule has 0 aliphatic carbocycles. The number of unbranched alkanes of at least 4 members (excludes halogenated alkanes) is 20. The van der Waals surface area contributed by atoms with E-state index in [0.717, 1.165) is 57.8 Å². The monoisotopic (exact) mass is 919 g/mol. The fourth-order valence-electron chi connectivity index (χ4n) is 6.68. The molecule has 9 nitrogen and oxygen atoms in total. The van der Waals surface area contributed by atoms with Gasteiger partial charge in [0.05, 0.1) is 27.7 Å². The molecule has 2 atom stereocenters. The molecule has 0 spiro atoms. The Bertz CT molecular complexity index is 1310. The van der Waals surface area contributed by atoms with Gasteiger partial charge in [0, 0.05) is 12.8 Å². The molecule has 64 heavy (non-hydrogen) atoms. The minimum Gasteiger partial charge on any atom is -0.462 e. The molecule has 0 aliphatic heterocycles. The maximum absolute atomic E-state index is 12.8. The summed E-state index contributed by atoms with van der Waals surface area (Å²) in [5.74, 6) is -0.870. The molecular formula is C54H97NO8P+. The number of allylic oxidation sites excluding steroid dienone is 12. The lowest BCUT2D eigenvalue weighted by molar-refractivity contribution is -0.870. The summed E-state index contributed by atoms with van der Waals surface area (Å²) in [5.41, 5.74) is 0. The minimum absolute atomic E-state index is 0.0193. The summed E-state index contributed by atoms with van der Waals surface area (Å²) >= 11 is 0. The smallest absolute Gasteiger partial charge is 0.462 e. The molecule has 0 aliphatic rings. The van der Waals surface area contributed by atoms with E-state index in [0.29, 0.717) is 23.9 Å². The van der Waals surface area contributed by atoms with Crippen molar-refractivity contribution < 1.29 is 42.1 Å². The van der Waals surface area contributed by atoms with Crippen LogP contribution in [0.3, 0.4) is 0 Å². The Morgan fingerprint density at radius 2 is 0.859 bits per heavy atom. The Balaban J connectivity index is 4.37. The Morgan fingerprint density at radius 3 is 1.33 bits per heavy atom. The number of phosphoric acid groups is 1. The van der Waals surface area contributed by atoms with Crippen LogP contribution in [0.15, 0.2) is 72.9 Å². The normalized spacial score (nSPS) is 14.0. The van der Waals surface area contributed by atoms with Crippen LogP contribution < -0.4 is 0 Å². The van der Waals surface area contributed by atoms with Crippen molar-refractivity contribution in [2.24, 2.45) is 0 Å². The van der Waals surface area contributed by atoms with Crippen LogP contribution in [0.4, 0.5) is 0 Å². The van der Waals surface area contributed by atoms with E-state index in [1.165, 1.54) is 109 Å². The number of esters is 2. The molecule has 0 amide bonds. The molecule has 0 rings (SSSR count). The van der Waals surface area contributed by atoms with Crippen LogP contribution in [-0.2, 0) is 32.7 Å². The second-order valence-corrected chi connectivity index (χ2v) is 19.6. The molecule has 0 aromatic heterocycles. The molecule has 0 fully saturated rings. The zero-order valence-corrected chi connectivity index (χ0v) is 42.6. The summed E-state index contributed by atoms with van der Waals surface area (Å²) in [6.45, 7) is 4.33. The van der Waals surface area contributed by atoms with Crippen LogP contribution in [0.2, 0.25) is 0 Å². The van der Waals surface area contributed by atoms with Crippen LogP contribution >= 0.6 is 7.82 Å². The summed E-state index contributed by atoms with van der Waals surface area (Å²) in [7, 11) is 1.44. The van der Waals surface area contributed by atoms with Gasteiger partial charge in [0.1, 0.15) is 19.8 Å². The predicted molar refractivity (Wildman–Crippen MR) is 270 cm³/mol. The van der Waals surface area contributed by atoms with Crippen LogP contribution in [0.25, 0.3) is 0 Å². The van der Waals surface area contributed by atoms with Crippen LogP contribution in [-0.4, -0.2) is 74.9 Å². The average Bonchev–Trinajstić information content (AvgIpc) is 3.25. The highest BCUT2D eigenvalue weighted by Gasteiger charge is 2.27. The molecule has 0 aromatic carbocycles. The third-order valence-corrected chi connectivity index (χ3v) is 11.7. The molecule has 0 radical (unpaired) electrons. The molecule has 370 valence electrons. The molecule has 0 saturated carbocycles. The number of hydrogen-bond acceptors (Lipinski definition) is 7. The van der Waals surface area contributed by atoms with Gasteiger partial charge in [-0.05, 0) is 83.5 Å². The van der Waals surface area contributed by atoms with Gasteiger partial charge in [-0.25, -0.2) is 4.57 Å². The molecule has 0 saturated heterocycles. The number of rotatable bonds is 46.